The van der Waals surface area contributed by atoms with Gasteiger partial charge in [0.25, 0.3) is 0 Å². The summed E-state index contributed by atoms with van der Waals surface area (Å²) in [6.07, 6.45) is 0. The lowest BCUT2D eigenvalue weighted by Crippen LogP contribution is -2.16. The molecule has 0 aliphatic rings. The highest BCUT2D eigenvalue weighted by atomic mass is 35.5. The van der Waals surface area contributed by atoms with Crippen molar-refractivity contribution in [2.24, 2.45) is 0 Å². The summed E-state index contributed by atoms with van der Waals surface area (Å²) in [6.45, 7) is 1.85. The third-order valence-electron chi connectivity index (χ3n) is 3.51. The van der Waals surface area contributed by atoms with Gasteiger partial charge in [-0.1, -0.05) is 35.9 Å². The van der Waals surface area contributed by atoms with Gasteiger partial charge < -0.3 is 10.4 Å². The fraction of sp³-hybridized carbons (Fsp3) is 0.176. The van der Waals surface area contributed by atoms with Gasteiger partial charge in [-0.2, -0.15) is 0 Å². The van der Waals surface area contributed by atoms with E-state index in [0.29, 0.717) is 10.8 Å². The number of aromatic nitrogens is 2. The molecule has 0 bridgehead atoms. The number of halogens is 1. The minimum absolute atomic E-state index is 0.0461. The van der Waals surface area contributed by atoms with Crippen molar-refractivity contribution in [3.05, 3.63) is 64.8 Å². The molecule has 0 spiro atoms. The first-order chi connectivity index (χ1) is 10.7. The number of benzene rings is 2. The van der Waals surface area contributed by atoms with E-state index < -0.39 is 0 Å². The number of hydrogen-bond acceptors (Lipinski definition) is 4. The lowest BCUT2D eigenvalue weighted by molar-refractivity contribution is 0.276. The highest BCUT2D eigenvalue weighted by Crippen LogP contribution is 2.23. The van der Waals surface area contributed by atoms with Crippen LogP contribution in [0, 0.1) is 6.92 Å². The topological polar surface area (TPSA) is 58.0 Å². The Labute approximate surface area is 133 Å². The Kier molecular flexibility index (Phi) is 4.22. The zero-order valence-corrected chi connectivity index (χ0v) is 12.9. The molecular weight excluding hydrogens is 298 g/mol. The summed E-state index contributed by atoms with van der Waals surface area (Å²) in [5.41, 5.74) is 3.42. The van der Waals surface area contributed by atoms with Gasteiger partial charge in [0.15, 0.2) is 0 Å². The number of nitrogens with zero attached hydrogens (tertiary/aromatic N) is 2. The normalized spacial score (nSPS) is 12.3. The van der Waals surface area contributed by atoms with E-state index in [9.17, 15) is 5.11 Å². The molecule has 22 heavy (non-hydrogen) atoms. The van der Waals surface area contributed by atoms with Crippen LogP contribution in [0.4, 0.5) is 5.82 Å². The summed E-state index contributed by atoms with van der Waals surface area (Å²) in [7, 11) is 0. The minimum atomic E-state index is -0.258. The molecular formula is C17H16ClN3O. The molecule has 0 saturated heterocycles. The number of hydrogen-bond donors (Lipinski definition) is 2. The average Bonchev–Trinajstić information content (AvgIpc) is 2.54. The quantitative estimate of drug-likeness (QED) is 0.770. The number of para-hydroxylation sites is 2. The Morgan fingerprint density at radius 3 is 2.32 bits per heavy atom. The van der Waals surface area contributed by atoms with Crippen molar-refractivity contribution in [1.29, 1.82) is 0 Å². The Morgan fingerprint density at radius 1 is 1.05 bits per heavy atom. The summed E-state index contributed by atoms with van der Waals surface area (Å²) in [5.74, 6) is 0.674. The second-order valence-corrected chi connectivity index (χ2v) is 5.51. The van der Waals surface area contributed by atoms with Crippen LogP contribution in [0.2, 0.25) is 5.02 Å². The molecule has 2 aromatic carbocycles. The molecule has 0 saturated carbocycles. The lowest BCUT2D eigenvalue weighted by Gasteiger charge is -2.18. The average molecular weight is 314 g/mol. The zero-order chi connectivity index (χ0) is 15.5. The maximum absolute atomic E-state index is 9.67. The molecule has 1 aromatic heterocycles. The van der Waals surface area contributed by atoms with Gasteiger partial charge in [0.1, 0.15) is 5.82 Å². The predicted molar refractivity (Wildman–Crippen MR) is 89.2 cm³/mol. The van der Waals surface area contributed by atoms with E-state index in [1.165, 1.54) is 0 Å². The van der Waals surface area contributed by atoms with Gasteiger partial charge in [-0.15, -0.1) is 0 Å². The summed E-state index contributed by atoms with van der Waals surface area (Å²) in [4.78, 5) is 9.14. The van der Waals surface area contributed by atoms with E-state index in [1.54, 1.807) is 12.1 Å². The number of aliphatic hydroxyl groups is 1. The van der Waals surface area contributed by atoms with Crippen molar-refractivity contribution in [1.82, 2.24) is 9.97 Å². The van der Waals surface area contributed by atoms with Gasteiger partial charge in [-0.05, 0) is 36.8 Å². The first-order valence-electron chi connectivity index (χ1n) is 7.03. The van der Waals surface area contributed by atoms with Gasteiger partial charge >= 0.3 is 0 Å². The molecule has 0 amide bonds. The first-order valence-corrected chi connectivity index (χ1v) is 7.41. The van der Waals surface area contributed by atoms with E-state index in [1.807, 2.05) is 43.3 Å². The molecule has 0 radical (unpaired) electrons. The molecule has 0 fully saturated rings. The van der Waals surface area contributed by atoms with Crippen LogP contribution in [0.15, 0.2) is 48.5 Å². The predicted octanol–water partition coefficient (Wildman–Crippen LogP) is 3.74. The summed E-state index contributed by atoms with van der Waals surface area (Å²) in [5, 5.41) is 13.6. The Morgan fingerprint density at radius 2 is 1.68 bits per heavy atom. The maximum atomic E-state index is 9.67. The Balaban J connectivity index is 1.93. The van der Waals surface area contributed by atoms with Gasteiger partial charge in [0, 0.05) is 5.02 Å². The number of nitrogens with one attached hydrogen (secondary N) is 1. The van der Waals surface area contributed by atoms with E-state index in [0.717, 1.165) is 22.3 Å². The van der Waals surface area contributed by atoms with Crippen LogP contribution in [-0.2, 0) is 0 Å². The number of fused-ring (bicyclic) bond motifs is 1. The van der Waals surface area contributed by atoms with Gasteiger partial charge in [-0.3, -0.25) is 0 Å². The molecule has 1 heterocycles. The van der Waals surface area contributed by atoms with Gasteiger partial charge in [0.05, 0.1) is 29.4 Å². The number of aryl methyl sites for hydroxylation is 1. The van der Waals surface area contributed by atoms with Gasteiger partial charge in [0.2, 0.25) is 0 Å². The van der Waals surface area contributed by atoms with Crippen molar-refractivity contribution >= 4 is 28.5 Å². The van der Waals surface area contributed by atoms with Crippen LogP contribution in [0.5, 0.6) is 0 Å². The second kappa shape index (κ2) is 6.30. The first kappa shape index (κ1) is 14.8. The number of rotatable bonds is 4. The number of aliphatic hydroxyl groups excluding tert-OH is 1. The molecule has 1 atom stereocenters. The second-order valence-electron chi connectivity index (χ2n) is 5.08. The molecule has 0 aliphatic carbocycles. The summed E-state index contributed by atoms with van der Waals surface area (Å²) < 4.78 is 0. The summed E-state index contributed by atoms with van der Waals surface area (Å²) >= 11 is 5.91. The number of anilines is 1. The third kappa shape index (κ3) is 3.03. The molecule has 3 rings (SSSR count). The van der Waals surface area contributed by atoms with Gasteiger partial charge in [-0.25, -0.2) is 9.97 Å². The Bertz CT molecular complexity index is 790. The van der Waals surface area contributed by atoms with E-state index >= 15 is 0 Å². The molecule has 3 aromatic rings. The van der Waals surface area contributed by atoms with Crippen molar-refractivity contribution in [3.8, 4) is 0 Å². The van der Waals surface area contributed by atoms with E-state index in [2.05, 4.69) is 15.3 Å². The molecule has 5 heteroatoms. The van der Waals surface area contributed by atoms with Crippen molar-refractivity contribution in [2.45, 2.75) is 13.0 Å². The zero-order valence-electron chi connectivity index (χ0n) is 12.1. The molecule has 1 unspecified atom stereocenters. The minimum Gasteiger partial charge on any atom is -0.394 e. The van der Waals surface area contributed by atoms with Crippen LogP contribution in [0.3, 0.4) is 0 Å². The van der Waals surface area contributed by atoms with E-state index in [4.69, 9.17) is 11.6 Å². The molecule has 2 N–H and O–H groups in total. The van der Waals surface area contributed by atoms with Crippen LogP contribution in [0.25, 0.3) is 11.0 Å². The Hall–Kier alpha value is -2.17. The lowest BCUT2D eigenvalue weighted by atomic mass is 10.1. The van der Waals surface area contributed by atoms with Crippen LogP contribution >= 0.6 is 11.6 Å². The standard InChI is InChI=1S/C17H16ClN3O/c1-11-17(20-15-5-3-2-4-14(15)19-11)21-16(10-22)12-6-8-13(18)9-7-12/h2-9,16,22H,10H2,1H3,(H,20,21). The van der Waals surface area contributed by atoms with Crippen molar-refractivity contribution in [3.63, 3.8) is 0 Å². The largest absolute Gasteiger partial charge is 0.394 e. The fourth-order valence-corrected chi connectivity index (χ4v) is 2.45. The highest BCUT2D eigenvalue weighted by molar-refractivity contribution is 6.30. The van der Waals surface area contributed by atoms with Crippen molar-refractivity contribution < 1.29 is 5.11 Å². The smallest absolute Gasteiger partial charge is 0.148 e. The maximum Gasteiger partial charge on any atom is 0.148 e. The molecule has 4 nitrogen and oxygen atoms in total. The van der Waals surface area contributed by atoms with Crippen LogP contribution < -0.4 is 5.32 Å². The SMILES string of the molecule is Cc1nc2ccccc2nc1NC(CO)c1ccc(Cl)cc1. The third-order valence-corrected chi connectivity index (χ3v) is 3.76. The van der Waals surface area contributed by atoms with Crippen LogP contribution in [0.1, 0.15) is 17.3 Å². The van der Waals surface area contributed by atoms with Crippen LogP contribution in [-0.4, -0.2) is 21.7 Å². The fourth-order valence-electron chi connectivity index (χ4n) is 2.32. The molecule has 112 valence electrons. The highest BCUT2D eigenvalue weighted by Gasteiger charge is 2.13. The molecule has 0 aliphatic heterocycles. The monoisotopic (exact) mass is 313 g/mol. The van der Waals surface area contributed by atoms with Crippen molar-refractivity contribution in [2.75, 3.05) is 11.9 Å². The summed E-state index contributed by atoms with van der Waals surface area (Å²) in [6, 6.07) is 14.9. The van der Waals surface area contributed by atoms with E-state index in [-0.39, 0.29) is 12.6 Å².